The van der Waals surface area contributed by atoms with Crippen LogP contribution in [0.15, 0.2) is 6.08 Å². The van der Waals surface area contributed by atoms with Crippen LogP contribution in [0.3, 0.4) is 0 Å². The zero-order chi connectivity index (χ0) is 16.1. The fourth-order valence-electron chi connectivity index (χ4n) is 2.77. The van der Waals surface area contributed by atoms with E-state index in [4.69, 9.17) is 11.6 Å². The minimum Gasteiger partial charge on any atom is -0.339 e. The number of carbonyl (C=O) groups is 1. The Morgan fingerprint density at radius 2 is 1.91 bits per heavy atom. The number of amides is 1. The van der Waals surface area contributed by atoms with Gasteiger partial charge in [0.05, 0.1) is 5.69 Å². The largest absolute Gasteiger partial charge is 0.339 e. The molecule has 1 aliphatic rings. The zero-order valence-corrected chi connectivity index (χ0v) is 14.6. The van der Waals surface area contributed by atoms with E-state index in [2.05, 4.69) is 18.9 Å². The van der Waals surface area contributed by atoms with Crippen molar-refractivity contribution in [3.63, 3.8) is 0 Å². The van der Waals surface area contributed by atoms with E-state index in [1.807, 2.05) is 22.6 Å². The molecule has 5 heteroatoms. The molecule has 0 atom stereocenters. The van der Waals surface area contributed by atoms with E-state index >= 15 is 0 Å². The summed E-state index contributed by atoms with van der Waals surface area (Å²) < 4.78 is 1.82. The summed E-state index contributed by atoms with van der Waals surface area (Å²) in [6, 6.07) is 0. The normalized spacial score (nSPS) is 16.5. The average molecular weight is 324 g/mol. The van der Waals surface area contributed by atoms with Crippen molar-refractivity contribution in [1.82, 2.24) is 14.7 Å². The molecule has 0 aliphatic carbocycles. The lowest BCUT2D eigenvalue weighted by atomic mass is 10.2. The van der Waals surface area contributed by atoms with Crippen LogP contribution in [-0.2, 0) is 11.3 Å². The zero-order valence-electron chi connectivity index (χ0n) is 13.8. The van der Waals surface area contributed by atoms with Crippen LogP contribution >= 0.6 is 11.6 Å². The first-order valence-corrected chi connectivity index (χ1v) is 8.56. The summed E-state index contributed by atoms with van der Waals surface area (Å²) in [6.07, 6.45) is 8.10. The van der Waals surface area contributed by atoms with E-state index in [9.17, 15) is 4.79 Å². The first-order valence-electron chi connectivity index (χ1n) is 8.19. The van der Waals surface area contributed by atoms with Crippen LogP contribution in [0, 0.1) is 12.8 Å². The first-order chi connectivity index (χ1) is 10.5. The molecule has 1 saturated heterocycles. The molecule has 0 unspecified atom stereocenters. The van der Waals surface area contributed by atoms with Crippen LogP contribution in [0.4, 0.5) is 0 Å². The number of hydrogen-bond acceptors (Lipinski definition) is 2. The van der Waals surface area contributed by atoms with Crippen molar-refractivity contribution >= 4 is 23.6 Å². The van der Waals surface area contributed by atoms with Crippen molar-refractivity contribution in [1.29, 1.82) is 0 Å². The van der Waals surface area contributed by atoms with Gasteiger partial charge in [0.15, 0.2) is 0 Å². The van der Waals surface area contributed by atoms with Crippen LogP contribution < -0.4 is 0 Å². The number of carbonyl (C=O) groups excluding carboxylic acids is 1. The van der Waals surface area contributed by atoms with Crippen molar-refractivity contribution in [2.75, 3.05) is 13.1 Å². The van der Waals surface area contributed by atoms with Gasteiger partial charge in [-0.2, -0.15) is 5.10 Å². The molecular formula is C17H26ClN3O. The van der Waals surface area contributed by atoms with E-state index in [0.29, 0.717) is 11.1 Å². The van der Waals surface area contributed by atoms with E-state index in [1.165, 1.54) is 12.8 Å². The predicted octanol–water partition coefficient (Wildman–Crippen LogP) is 3.92. The summed E-state index contributed by atoms with van der Waals surface area (Å²) in [6.45, 7) is 8.70. The summed E-state index contributed by atoms with van der Waals surface area (Å²) in [7, 11) is 0. The van der Waals surface area contributed by atoms with Crippen molar-refractivity contribution in [3.05, 3.63) is 22.5 Å². The Morgan fingerprint density at radius 3 is 2.50 bits per heavy atom. The van der Waals surface area contributed by atoms with Crippen LogP contribution in [0.2, 0.25) is 5.15 Å². The summed E-state index contributed by atoms with van der Waals surface area (Å²) in [5, 5.41) is 5.08. The second-order valence-corrected chi connectivity index (χ2v) is 6.80. The lowest BCUT2D eigenvalue weighted by Crippen LogP contribution is -2.30. The smallest absolute Gasteiger partial charge is 0.246 e. The highest BCUT2D eigenvalue weighted by Crippen LogP contribution is 2.22. The minimum atomic E-state index is 0.0778. The fourth-order valence-corrected chi connectivity index (χ4v) is 3.08. The molecule has 0 bridgehead atoms. The van der Waals surface area contributed by atoms with E-state index in [0.717, 1.165) is 43.7 Å². The predicted molar refractivity (Wildman–Crippen MR) is 90.9 cm³/mol. The van der Waals surface area contributed by atoms with Gasteiger partial charge in [-0.25, -0.2) is 0 Å². The van der Waals surface area contributed by atoms with Crippen LogP contribution in [0.5, 0.6) is 0 Å². The van der Waals surface area contributed by atoms with Crippen molar-refractivity contribution in [2.24, 2.45) is 5.92 Å². The van der Waals surface area contributed by atoms with Crippen molar-refractivity contribution in [3.8, 4) is 0 Å². The molecule has 1 fully saturated rings. The molecule has 0 saturated carbocycles. The van der Waals surface area contributed by atoms with Crippen LogP contribution in [0.1, 0.15) is 50.8 Å². The maximum Gasteiger partial charge on any atom is 0.246 e. The Bertz CT molecular complexity index is 540. The molecule has 0 N–H and O–H groups in total. The van der Waals surface area contributed by atoms with Crippen LogP contribution in [-0.4, -0.2) is 33.7 Å². The Kier molecular flexibility index (Phi) is 6.07. The Balaban J connectivity index is 2.08. The SMILES string of the molecule is Cc1nn(CC(C)C)c(Cl)c1/C=C/C(=O)N1CCCCCC1. The third-order valence-electron chi connectivity index (χ3n) is 3.96. The average Bonchev–Trinajstić information content (AvgIpc) is 2.67. The van der Waals surface area contributed by atoms with E-state index in [-0.39, 0.29) is 5.91 Å². The van der Waals surface area contributed by atoms with E-state index < -0.39 is 0 Å². The van der Waals surface area contributed by atoms with Gasteiger partial charge in [-0.15, -0.1) is 0 Å². The molecule has 0 spiro atoms. The van der Waals surface area contributed by atoms with Gasteiger partial charge >= 0.3 is 0 Å². The maximum atomic E-state index is 12.3. The Labute approximate surface area is 138 Å². The van der Waals surface area contributed by atoms with Gasteiger partial charge in [-0.1, -0.05) is 38.3 Å². The number of nitrogens with zero attached hydrogens (tertiary/aromatic N) is 3. The number of hydrogen-bond donors (Lipinski definition) is 0. The van der Waals surface area contributed by atoms with Gasteiger partial charge in [0.2, 0.25) is 5.91 Å². The molecule has 122 valence electrons. The number of likely N-dealkylation sites (tertiary alicyclic amines) is 1. The van der Waals surface area contributed by atoms with Gasteiger partial charge in [-0.05, 0) is 31.8 Å². The highest BCUT2D eigenvalue weighted by atomic mass is 35.5. The molecule has 2 rings (SSSR count). The second-order valence-electron chi connectivity index (χ2n) is 6.44. The fraction of sp³-hybridized carbons (Fsp3) is 0.647. The second kappa shape index (κ2) is 7.82. The molecule has 1 aromatic rings. The lowest BCUT2D eigenvalue weighted by molar-refractivity contribution is -0.125. The molecule has 1 aromatic heterocycles. The van der Waals surface area contributed by atoms with Crippen LogP contribution in [0.25, 0.3) is 6.08 Å². The molecule has 1 amide bonds. The quantitative estimate of drug-likeness (QED) is 0.788. The molecule has 22 heavy (non-hydrogen) atoms. The molecule has 1 aliphatic heterocycles. The van der Waals surface area contributed by atoms with Gasteiger partial charge in [0.1, 0.15) is 5.15 Å². The number of halogens is 1. The summed E-state index contributed by atoms with van der Waals surface area (Å²) in [5.74, 6) is 0.557. The maximum absolute atomic E-state index is 12.3. The number of aromatic nitrogens is 2. The molecule has 0 radical (unpaired) electrons. The third-order valence-corrected chi connectivity index (χ3v) is 4.36. The standard InChI is InChI=1S/C17H26ClN3O/c1-13(2)12-21-17(18)15(14(3)19-21)8-9-16(22)20-10-6-4-5-7-11-20/h8-9,13H,4-7,10-12H2,1-3H3/b9-8+. The third kappa shape index (κ3) is 4.35. The Morgan fingerprint density at radius 1 is 1.27 bits per heavy atom. The topological polar surface area (TPSA) is 38.1 Å². The monoisotopic (exact) mass is 323 g/mol. The summed E-state index contributed by atoms with van der Waals surface area (Å²) >= 11 is 6.39. The molecule has 0 aromatic carbocycles. The van der Waals surface area contributed by atoms with Gasteiger partial charge in [0, 0.05) is 31.3 Å². The van der Waals surface area contributed by atoms with Gasteiger partial charge in [0.25, 0.3) is 0 Å². The highest BCUT2D eigenvalue weighted by Gasteiger charge is 2.15. The van der Waals surface area contributed by atoms with Gasteiger partial charge in [-0.3, -0.25) is 9.48 Å². The van der Waals surface area contributed by atoms with E-state index in [1.54, 1.807) is 6.08 Å². The number of aryl methyl sites for hydroxylation is 1. The van der Waals surface area contributed by atoms with Crippen molar-refractivity contribution < 1.29 is 4.79 Å². The molecular weight excluding hydrogens is 298 g/mol. The molecule has 2 heterocycles. The minimum absolute atomic E-state index is 0.0778. The summed E-state index contributed by atoms with van der Waals surface area (Å²) in [4.78, 5) is 14.2. The summed E-state index contributed by atoms with van der Waals surface area (Å²) in [5.41, 5.74) is 1.72. The Hall–Kier alpha value is -1.29. The lowest BCUT2D eigenvalue weighted by Gasteiger charge is -2.17. The van der Waals surface area contributed by atoms with Crippen molar-refractivity contribution in [2.45, 2.75) is 53.0 Å². The highest BCUT2D eigenvalue weighted by molar-refractivity contribution is 6.31. The number of rotatable bonds is 4. The molecule has 4 nitrogen and oxygen atoms in total. The first kappa shape index (κ1) is 17.1. The van der Waals surface area contributed by atoms with Gasteiger partial charge < -0.3 is 4.90 Å².